The number of carbonyl (C=O) groups excluding carboxylic acids is 1. The lowest BCUT2D eigenvalue weighted by Gasteiger charge is -2.40. The highest BCUT2D eigenvalue weighted by atomic mass is 16.6. The first-order valence-corrected chi connectivity index (χ1v) is 8.08. The van der Waals surface area contributed by atoms with Crippen molar-refractivity contribution < 1.29 is 19.6 Å². The second kappa shape index (κ2) is 6.98. The second-order valence-electron chi connectivity index (χ2n) is 6.72. The van der Waals surface area contributed by atoms with E-state index < -0.39 is 10.9 Å². The number of amides is 1. The van der Waals surface area contributed by atoms with Crippen LogP contribution >= 0.6 is 0 Å². The van der Waals surface area contributed by atoms with Crippen molar-refractivity contribution in [2.75, 3.05) is 13.1 Å². The molecule has 0 spiro atoms. The Hall–Kier alpha value is -2.44. The van der Waals surface area contributed by atoms with Crippen molar-refractivity contribution in [1.29, 1.82) is 0 Å². The summed E-state index contributed by atoms with van der Waals surface area (Å²) < 4.78 is 0. The number of nitrogens with zero attached hydrogens (tertiary/aromatic N) is 2. The largest absolute Gasteiger partial charge is 0.478 e. The lowest BCUT2D eigenvalue weighted by atomic mass is 9.78. The summed E-state index contributed by atoms with van der Waals surface area (Å²) in [5.74, 6) is -1.63. The van der Waals surface area contributed by atoms with Crippen LogP contribution < -0.4 is 0 Å². The van der Waals surface area contributed by atoms with Gasteiger partial charge in [-0.15, -0.1) is 0 Å². The van der Waals surface area contributed by atoms with Gasteiger partial charge in [-0.1, -0.05) is 20.3 Å². The van der Waals surface area contributed by atoms with Crippen LogP contribution in [-0.2, 0) is 0 Å². The van der Waals surface area contributed by atoms with Crippen LogP contribution in [0.4, 0.5) is 5.69 Å². The molecule has 1 aromatic rings. The van der Waals surface area contributed by atoms with Crippen LogP contribution in [0.3, 0.4) is 0 Å². The molecular formula is C17H22N2O5. The predicted octanol–water partition coefficient (Wildman–Crippen LogP) is 3.34. The molecule has 24 heavy (non-hydrogen) atoms. The molecule has 1 heterocycles. The van der Waals surface area contributed by atoms with E-state index in [9.17, 15) is 19.7 Å². The highest BCUT2D eigenvalue weighted by Gasteiger charge is 2.33. The molecular weight excluding hydrogens is 312 g/mol. The summed E-state index contributed by atoms with van der Waals surface area (Å²) in [5, 5.41) is 20.1. The van der Waals surface area contributed by atoms with Crippen molar-refractivity contribution in [3.05, 3.63) is 39.4 Å². The van der Waals surface area contributed by atoms with Crippen LogP contribution in [0.2, 0.25) is 0 Å². The summed E-state index contributed by atoms with van der Waals surface area (Å²) in [7, 11) is 0. The van der Waals surface area contributed by atoms with Gasteiger partial charge in [0.15, 0.2) is 0 Å². The van der Waals surface area contributed by atoms with E-state index in [-0.39, 0.29) is 28.1 Å². The van der Waals surface area contributed by atoms with Crippen LogP contribution in [0.1, 0.15) is 60.2 Å². The third-order valence-corrected chi connectivity index (χ3v) is 4.54. The van der Waals surface area contributed by atoms with Crippen molar-refractivity contribution in [2.24, 2.45) is 5.41 Å². The van der Waals surface area contributed by atoms with Crippen LogP contribution in [-0.4, -0.2) is 39.9 Å². The maximum atomic E-state index is 12.8. The van der Waals surface area contributed by atoms with Crippen molar-refractivity contribution in [1.82, 2.24) is 4.90 Å². The van der Waals surface area contributed by atoms with E-state index in [0.29, 0.717) is 13.1 Å². The molecule has 0 aliphatic carbocycles. The summed E-state index contributed by atoms with van der Waals surface area (Å²) in [4.78, 5) is 35.9. The quantitative estimate of drug-likeness (QED) is 0.657. The van der Waals surface area contributed by atoms with Gasteiger partial charge in [-0.3, -0.25) is 14.9 Å². The summed E-state index contributed by atoms with van der Waals surface area (Å²) in [5.41, 5.74) is -0.534. The molecule has 1 aromatic carbocycles. The Bertz CT molecular complexity index is 637. The highest BCUT2D eigenvalue weighted by Crippen LogP contribution is 2.34. The Kier molecular flexibility index (Phi) is 5.21. The summed E-state index contributed by atoms with van der Waals surface area (Å²) in [6.45, 7) is 5.42. The number of piperidine rings is 1. The van der Waals surface area contributed by atoms with Gasteiger partial charge in [0.25, 0.3) is 11.6 Å². The Morgan fingerprint density at radius 3 is 2.58 bits per heavy atom. The van der Waals surface area contributed by atoms with E-state index in [0.717, 1.165) is 37.8 Å². The molecule has 0 radical (unpaired) electrons. The number of benzene rings is 1. The summed E-state index contributed by atoms with van der Waals surface area (Å²) >= 11 is 0. The average Bonchev–Trinajstić information content (AvgIpc) is 2.53. The fourth-order valence-corrected chi connectivity index (χ4v) is 3.44. The first-order chi connectivity index (χ1) is 11.3. The van der Waals surface area contributed by atoms with Crippen molar-refractivity contribution in [2.45, 2.75) is 39.5 Å². The summed E-state index contributed by atoms with van der Waals surface area (Å²) in [6.07, 6.45) is 3.95. The Morgan fingerprint density at radius 2 is 2.00 bits per heavy atom. The van der Waals surface area contributed by atoms with Crippen LogP contribution in [0, 0.1) is 15.5 Å². The molecule has 2 rings (SSSR count). The SMILES string of the molecule is CCCC1(C)CCCN(C(=O)c2cc(C(=O)O)cc([N+](=O)[O-])c2)C1. The van der Waals surface area contributed by atoms with E-state index in [1.165, 1.54) is 6.07 Å². The lowest BCUT2D eigenvalue weighted by Crippen LogP contribution is -2.44. The van der Waals surface area contributed by atoms with Gasteiger partial charge < -0.3 is 10.0 Å². The van der Waals surface area contributed by atoms with E-state index in [2.05, 4.69) is 13.8 Å². The lowest BCUT2D eigenvalue weighted by molar-refractivity contribution is -0.384. The minimum atomic E-state index is -1.29. The normalized spacial score (nSPS) is 20.7. The van der Waals surface area contributed by atoms with Gasteiger partial charge in [-0.2, -0.15) is 0 Å². The van der Waals surface area contributed by atoms with Gasteiger partial charge in [0.2, 0.25) is 0 Å². The van der Waals surface area contributed by atoms with Gasteiger partial charge in [-0.05, 0) is 30.7 Å². The smallest absolute Gasteiger partial charge is 0.335 e. The average molecular weight is 334 g/mol. The molecule has 1 aliphatic rings. The molecule has 7 heteroatoms. The number of hydrogen-bond acceptors (Lipinski definition) is 4. The van der Waals surface area contributed by atoms with Crippen LogP contribution in [0.5, 0.6) is 0 Å². The molecule has 0 saturated carbocycles. The van der Waals surface area contributed by atoms with Gasteiger partial charge >= 0.3 is 5.97 Å². The molecule has 0 aromatic heterocycles. The van der Waals surface area contributed by atoms with Gasteiger partial charge in [0.05, 0.1) is 10.5 Å². The molecule has 1 aliphatic heterocycles. The van der Waals surface area contributed by atoms with E-state index in [4.69, 9.17) is 5.11 Å². The molecule has 1 fully saturated rings. The number of nitro groups is 1. The minimum Gasteiger partial charge on any atom is -0.478 e. The minimum absolute atomic E-state index is 0.0407. The number of nitro benzene ring substituents is 1. The number of non-ortho nitro benzene ring substituents is 1. The number of rotatable bonds is 5. The number of hydrogen-bond donors (Lipinski definition) is 1. The zero-order valence-corrected chi connectivity index (χ0v) is 13.9. The van der Waals surface area contributed by atoms with Crippen LogP contribution in [0.25, 0.3) is 0 Å². The maximum Gasteiger partial charge on any atom is 0.335 e. The van der Waals surface area contributed by atoms with Gasteiger partial charge in [0.1, 0.15) is 0 Å². The fraction of sp³-hybridized carbons (Fsp3) is 0.529. The van der Waals surface area contributed by atoms with E-state index in [1.807, 2.05) is 0 Å². The zero-order valence-electron chi connectivity index (χ0n) is 13.9. The molecule has 1 amide bonds. The first kappa shape index (κ1) is 17.9. The third kappa shape index (κ3) is 3.90. The Morgan fingerprint density at radius 1 is 1.33 bits per heavy atom. The van der Waals surface area contributed by atoms with E-state index in [1.54, 1.807) is 4.90 Å². The highest BCUT2D eigenvalue weighted by molar-refractivity contribution is 5.98. The topological polar surface area (TPSA) is 101 Å². The predicted molar refractivity (Wildman–Crippen MR) is 88.2 cm³/mol. The molecule has 1 saturated heterocycles. The summed E-state index contributed by atoms with van der Waals surface area (Å²) in [6, 6.07) is 3.33. The number of aromatic carboxylic acids is 1. The molecule has 1 N–H and O–H groups in total. The molecule has 0 bridgehead atoms. The first-order valence-electron chi connectivity index (χ1n) is 8.08. The van der Waals surface area contributed by atoms with Gasteiger partial charge in [-0.25, -0.2) is 4.79 Å². The monoisotopic (exact) mass is 334 g/mol. The Labute approximate surface area is 140 Å². The fourth-order valence-electron chi connectivity index (χ4n) is 3.44. The van der Waals surface area contributed by atoms with Gasteiger partial charge in [0, 0.05) is 30.8 Å². The number of carboxylic acids is 1. The molecule has 1 unspecified atom stereocenters. The molecule has 1 atom stereocenters. The third-order valence-electron chi connectivity index (χ3n) is 4.54. The number of carboxylic acid groups (broad SMARTS) is 1. The maximum absolute atomic E-state index is 12.8. The molecule has 130 valence electrons. The Balaban J connectivity index is 2.31. The zero-order chi connectivity index (χ0) is 17.9. The van der Waals surface area contributed by atoms with Crippen LogP contribution in [0.15, 0.2) is 18.2 Å². The molecule has 7 nitrogen and oxygen atoms in total. The van der Waals surface area contributed by atoms with Crippen molar-refractivity contribution in [3.63, 3.8) is 0 Å². The standard InChI is InChI=1S/C17H22N2O5/c1-3-5-17(2)6-4-7-18(11-17)15(20)12-8-13(16(21)22)10-14(9-12)19(23)24/h8-10H,3-7,11H2,1-2H3,(H,21,22). The van der Waals surface area contributed by atoms with Crippen molar-refractivity contribution >= 4 is 17.6 Å². The van der Waals surface area contributed by atoms with Crippen molar-refractivity contribution in [3.8, 4) is 0 Å². The number of likely N-dealkylation sites (tertiary alicyclic amines) is 1. The number of carbonyl (C=O) groups is 2. The van der Waals surface area contributed by atoms with E-state index >= 15 is 0 Å². The second-order valence-corrected chi connectivity index (χ2v) is 6.72.